The average molecular weight is 343 g/mol. The SMILES string of the molecule is COCC(C)NS(=O)(=O)c1cc(CN)sc1Br. The number of halogens is 1. The molecular formula is C9H15BrN2O3S2. The number of hydrogen-bond acceptors (Lipinski definition) is 5. The van der Waals surface area contributed by atoms with Crippen LogP contribution in [0.15, 0.2) is 14.7 Å². The number of thiophene rings is 1. The normalized spacial score (nSPS) is 13.9. The first-order chi connectivity index (χ1) is 7.90. The van der Waals surface area contributed by atoms with Gasteiger partial charge in [0.25, 0.3) is 0 Å². The van der Waals surface area contributed by atoms with Gasteiger partial charge in [-0.3, -0.25) is 0 Å². The summed E-state index contributed by atoms with van der Waals surface area (Å²) < 4.78 is 32.1. The van der Waals surface area contributed by atoms with Crippen molar-refractivity contribution in [3.8, 4) is 0 Å². The maximum absolute atomic E-state index is 12.0. The highest BCUT2D eigenvalue weighted by Crippen LogP contribution is 2.31. The minimum absolute atomic E-state index is 0.228. The molecule has 98 valence electrons. The zero-order valence-corrected chi connectivity index (χ0v) is 12.8. The molecular weight excluding hydrogens is 328 g/mol. The molecule has 0 amide bonds. The lowest BCUT2D eigenvalue weighted by Crippen LogP contribution is -2.35. The molecule has 1 aromatic heterocycles. The van der Waals surface area contributed by atoms with Crippen molar-refractivity contribution in [3.63, 3.8) is 0 Å². The molecule has 5 nitrogen and oxygen atoms in total. The second-order valence-electron chi connectivity index (χ2n) is 3.53. The number of ether oxygens (including phenoxy) is 1. The van der Waals surface area contributed by atoms with Gasteiger partial charge in [0.05, 0.1) is 10.4 Å². The molecule has 1 aromatic rings. The van der Waals surface area contributed by atoms with E-state index in [2.05, 4.69) is 20.7 Å². The molecule has 0 spiro atoms. The van der Waals surface area contributed by atoms with Crippen molar-refractivity contribution in [3.05, 3.63) is 14.7 Å². The summed E-state index contributed by atoms with van der Waals surface area (Å²) in [6.45, 7) is 2.39. The highest BCUT2D eigenvalue weighted by Gasteiger charge is 2.22. The average Bonchev–Trinajstić information content (AvgIpc) is 2.60. The van der Waals surface area contributed by atoms with Crippen molar-refractivity contribution in [2.75, 3.05) is 13.7 Å². The summed E-state index contributed by atoms with van der Waals surface area (Å²) in [5.41, 5.74) is 5.48. The number of nitrogens with two attached hydrogens (primary N) is 1. The second kappa shape index (κ2) is 6.26. The zero-order valence-electron chi connectivity index (χ0n) is 9.57. The molecule has 0 bridgehead atoms. The summed E-state index contributed by atoms with van der Waals surface area (Å²) in [5.74, 6) is 0. The summed E-state index contributed by atoms with van der Waals surface area (Å²) in [6, 6.07) is 1.30. The monoisotopic (exact) mass is 342 g/mol. The van der Waals surface area contributed by atoms with E-state index in [0.717, 1.165) is 4.88 Å². The largest absolute Gasteiger partial charge is 0.383 e. The summed E-state index contributed by atoms with van der Waals surface area (Å²) in [6.07, 6.45) is 0. The first-order valence-corrected chi connectivity index (χ1v) is 7.99. The van der Waals surface area contributed by atoms with E-state index in [4.69, 9.17) is 10.5 Å². The van der Waals surface area contributed by atoms with Gasteiger partial charge >= 0.3 is 0 Å². The fourth-order valence-electron chi connectivity index (χ4n) is 1.29. The number of sulfonamides is 1. The van der Waals surface area contributed by atoms with Gasteiger partial charge in [-0.1, -0.05) is 0 Å². The maximum Gasteiger partial charge on any atom is 0.242 e. The van der Waals surface area contributed by atoms with E-state index < -0.39 is 10.0 Å². The first kappa shape index (κ1) is 15.1. The zero-order chi connectivity index (χ0) is 13.1. The molecule has 0 saturated heterocycles. The van der Waals surface area contributed by atoms with Crippen molar-refractivity contribution in [2.45, 2.75) is 24.4 Å². The van der Waals surface area contributed by atoms with Gasteiger partial charge in [-0.2, -0.15) is 0 Å². The molecule has 17 heavy (non-hydrogen) atoms. The van der Waals surface area contributed by atoms with E-state index in [1.54, 1.807) is 13.0 Å². The van der Waals surface area contributed by atoms with Crippen LogP contribution in [0.2, 0.25) is 0 Å². The lowest BCUT2D eigenvalue weighted by Gasteiger charge is -2.12. The Balaban J connectivity index is 2.92. The Morgan fingerprint density at radius 2 is 2.29 bits per heavy atom. The van der Waals surface area contributed by atoms with Crippen LogP contribution in [0.5, 0.6) is 0 Å². The molecule has 8 heteroatoms. The van der Waals surface area contributed by atoms with Gasteiger partial charge in [0.15, 0.2) is 0 Å². The summed E-state index contributed by atoms with van der Waals surface area (Å²) in [7, 11) is -2.00. The number of rotatable bonds is 6. The lowest BCUT2D eigenvalue weighted by atomic mass is 10.4. The van der Waals surface area contributed by atoms with Gasteiger partial charge in [-0.15, -0.1) is 11.3 Å². The molecule has 1 rings (SSSR count). The van der Waals surface area contributed by atoms with Crippen LogP contribution in [-0.4, -0.2) is 28.2 Å². The Bertz CT molecular complexity index is 473. The van der Waals surface area contributed by atoms with Gasteiger partial charge in [0.2, 0.25) is 10.0 Å². The Morgan fingerprint density at radius 3 is 2.76 bits per heavy atom. The lowest BCUT2D eigenvalue weighted by molar-refractivity contribution is 0.180. The summed E-state index contributed by atoms with van der Waals surface area (Å²) >= 11 is 4.56. The molecule has 0 saturated carbocycles. The van der Waals surface area contributed by atoms with E-state index in [-0.39, 0.29) is 10.9 Å². The van der Waals surface area contributed by atoms with E-state index in [1.807, 2.05) is 0 Å². The molecule has 0 aliphatic heterocycles. The van der Waals surface area contributed by atoms with Crippen molar-refractivity contribution in [1.82, 2.24) is 4.72 Å². The number of nitrogens with one attached hydrogen (secondary N) is 1. The molecule has 1 heterocycles. The van der Waals surface area contributed by atoms with Gasteiger partial charge in [-0.05, 0) is 28.9 Å². The van der Waals surface area contributed by atoms with Crippen LogP contribution in [-0.2, 0) is 21.3 Å². The minimum Gasteiger partial charge on any atom is -0.383 e. The van der Waals surface area contributed by atoms with Crippen LogP contribution in [0.4, 0.5) is 0 Å². The third kappa shape index (κ3) is 4.01. The molecule has 0 aromatic carbocycles. The Kier molecular flexibility index (Phi) is 5.55. The van der Waals surface area contributed by atoms with Crippen LogP contribution < -0.4 is 10.5 Å². The van der Waals surface area contributed by atoms with Crippen LogP contribution in [0, 0.1) is 0 Å². The molecule has 3 N–H and O–H groups in total. The summed E-state index contributed by atoms with van der Waals surface area (Å²) in [5, 5.41) is 0. The summed E-state index contributed by atoms with van der Waals surface area (Å²) in [4.78, 5) is 1.04. The quantitative estimate of drug-likeness (QED) is 0.815. The van der Waals surface area contributed by atoms with E-state index in [1.165, 1.54) is 18.4 Å². The molecule has 1 unspecified atom stereocenters. The van der Waals surface area contributed by atoms with Gasteiger partial charge in [0, 0.05) is 24.6 Å². The predicted molar refractivity (Wildman–Crippen MR) is 71.6 cm³/mol. The molecule has 1 atom stereocenters. The standard InChI is InChI=1S/C9H15BrN2O3S2/c1-6(5-15-2)12-17(13,14)8-3-7(4-11)16-9(8)10/h3,6,12H,4-5,11H2,1-2H3. The first-order valence-electron chi connectivity index (χ1n) is 4.90. The van der Waals surface area contributed by atoms with E-state index >= 15 is 0 Å². The fraction of sp³-hybridized carbons (Fsp3) is 0.556. The fourth-order valence-corrected chi connectivity index (χ4v) is 5.08. The highest BCUT2D eigenvalue weighted by molar-refractivity contribution is 9.11. The van der Waals surface area contributed by atoms with Crippen molar-refractivity contribution >= 4 is 37.3 Å². The van der Waals surface area contributed by atoms with Crippen LogP contribution in [0.3, 0.4) is 0 Å². The van der Waals surface area contributed by atoms with E-state index in [0.29, 0.717) is 16.9 Å². The van der Waals surface area contributed by atoms with E-state index in [9.17, 15) is 8.42 Å². The Hall–Kier alpha value is 0.01000. The molecule has 0 aliphatic rings. The third-order valence-electron chi connectivity index (χ3n) is 1.97. The van der Waals surface area contributed by atoms with Crippen LogP contribution in [0.25, 0.3) is 0 Å². The van der Waals surface area contributed by atoms with Gasteiger partial charge < -0.3 is 10.5 Å². The number of methoxy groups -OCH3 is 1. The van der Waals surface area contributed by atoms with Crippen LogP contribution >= 0.6 is 27.3 Å². The topological polar surface area (TPSA) is 81.4 Å². The van der Waals surface area contributed by atoms with Gasteiger partial charge in [0.1, 0.15) is 4.90 Å². The second-order valence-corrected chi connectivity index (χ2v) is 7.67. The van der Waals surface area contributed by atoms with Crippen molar-refractivity contribution in [2.24, 2.45) is 5.73 Å². The predicted octanol–water partition coefficient (Wildman–Crippen LogP) is 1.28. The smallest absolute Gasteiger partial charge is 0.242 e. The van der Waals surface area contributed by atoms with Gasteiger partial charge in [-0.25, -0.2) is 13.1 Å². The maximum atomic E-state index is 12.0. The highest BCUT2D eigenvalue weighted by atomic mass is 79.9. The molecule has 0 fully saturated rings. The minimum atomic E-state index is -3.52. The Morgan fingerprint density at radius 1 is 1.65 bits per heavy atom. The van der Waals surface area contributed by atoms with Crippen LogP contribution in [0.1, 0.15) is 11.8 Å². The third-order valence-corrected chi connectivity index (χ3v) is 5.83. The number of hydrogen-bond donors (Lipinski definition) is 2. The molecule has 0 radical (unpaired) electrons. The van der Waals surface area contributed by atoms with Crippen molar-refractivity contribution < 1.29 is 13.2 Å². The molecule has 0 aliphatic carbocycles. The van der Waals surface area contributed by atoms with Crippen molar-refractivity contribution in [1.29, 1.82) is 0 Å². The Labute approximate surface area is 114 Å².